The fourth-order valence-corrected chi connectivity index (χ4v) is 4.20. The number of benzene rings is 3. The largest absolute Gasteiger partial charge is 0.493 e. The highest BCUT2D eigenvalue weighted by Crippen LogP contribution is 2.35. The Morgan fingerprint density at radius 1 is 1.04 bits per heavy atom. The van der Waals surface area contributed by atoms with Crippen molar-refractivity contribution in [2.24, 2.45) is 0 Å². The number of ether oxygens (including phenoxy) is 2. The fourth-order valence-electron chi connectivity index (χ4n) is 2.77. The van der Waals surface area contributed by atoms with E-state index < -0.39 is 0 Å². The predicted octanol–water partition coefficient (Wildman–Crippen LogP) is 7.22. The minimum Gasteiger partial charge on any atom is -0.493 e. The van der Waals surface area contributed by atoms with Crippen LogP contribution < -0.4 is 14.8 Å². The first-order chi connectivity index (χ1) is 13.5. The number of hydrogen-bond acceptors (Lipinski definition) is 3. The summed E-state index contributed by atoms with van der Waals surface area (Å²) in [5.74, 6) is 1.48. The van der Waals surface area contributed by atoms with Gasteiger partial charge in [-0.05, 0) is 88.7 Å². The Kier molecular flexibility index (Phi) is 7.48. The van der Waals surface area contributed by atoms with Gasteiger partial charge < -0.3 is 14.8 Å². The molecule has 0 aliphatic carbocycles. The van der Waals surface area contributed by atoms with Crippen molar-refractivity contribution >= 4 is 55.8 Å². The van der Waals surface area contributed by atoms with Crippen molar-refractivity contribution in [3.63, 3.8) is 0 Å². The number of rotatable bonds is 7. The maximum atomic E-state index is 6.03. The summed E-state index contributed by atoms with van der Waals surface area (Å²) < 4.78 is 13.7. The van der Waals surface area contributed by atoms with Gasteiger partial charge in [0.05, 0.1) is 10.7 Å². The van der Waals surface area contributed by atoms with Crippen molar-refractivity contribution in [3.05, 3.63) is 84.4 Å². The van der Waals surface area contributed by atoms with E-state index in [1.54, 1.807) is 7.11 Å². The normalized spacial score (nSPS) is 10.6. The van der Waals surface area contributed by atoms with Crippen LogP contribution in [0.3, 0.4) is 0 Å². The third-order valence-electron chi connectivity index (χ3n) is 4.26. The van der Waals surface area contributed by atoms with Crippen molar-refractivity contribution in [1.82, 2.24) is 0 Å². The lowest BCUT2D eigenvalue weighted by molar-refractivity contribution is 0.282. The summed E-state index contributed by atoms with van der Waals surface area (Å²) in [5, 5.41) is 4.20. The lowest BCUT2D eigenvalue weighted by atomic mass is 10.1. The zero-order valence-electron chi connectivity index (χ0n) is 15.6. The molecule has 0 saturated heterocycles. The molecule has 0 atom stereocenters. The molecule has 0 heterocycles. The second-order valence-electron chi connectivity index (χ2n) is 6.34. The Morgan fingerprint density at radius 3 is 2.46 bits per heavy atom. The zero-order valence-corrected chi connectivity index (χ0v) is 20.1. The van der Waals surface area contributed by atoms with E-state index in [-0.39, 0.29) is 0 Å². The Balaban J connectivity index is 1.72. The van der Waals surface area contributed by atoms with Crippen molar-refractivity contribution in [2.75, 3.05) is 12.4 Å². The zero-order chi connectivity index (χ0) is 20.1. The summed E-state index contributed by atoms with van der Waals surface area (Å²) in [6.45, 7) is 3.25. The third kappa shape index (κ3) is 5.55. The smallest absolute Gasteiger partial charge is 0.174 e. The molecule has 1 N–H and O–H groups in total. The summed E-state index contributed by atoms with van der Waals surface area (Å²) in [4.78, 5) is 0. The lowest BCUT2D eigenvalue weighted by Gasteiger charge is -2.16. The van der Waals surface area contributed by atoms with Crippen LogP contribution in [0.1, 0.15) is 16.7 Å². The van der Waals surface area contributed by atoms with Gasteiger partial charge in [0.2, 0.25) is 0 Å². The molecule has 0 aromatic heterocycles. The second kappa shape index (κ2) is 9.85. The molecule has 0 unspecified atom stereocenters. The van der Waals surface area contributed by atoms with E-state index in [1.165, 1.54) is 5.56 Å². The molecule has 3 rings (SSSR count). The molecule has 146 valence electrons. The monoisotopic (exact) mass is 571 g/mol. The predicted molar refractivity (Wildman–Crippen MR) is 128 cm³/mol. The quantitative estimate of drug-likeness (QED) is 0.304. The van der Waals surface area contributed by atoms with Gasteiger partial charge in [-0.3, -0.25) is 0 Å². The number of nitrogens with one attached hydrogen (secondary N) is 1. The Hall–Kier alpha value is -1.44. The van der Waals surface area contributed by atoms with E-state index in [4.69, 9.17) is 21.1 Å². The summed E-state index contributed by atoms with van der Waals surface area (Å²) in [5.41, 5.74) is 4.49. The average Bonchev–Trinajstić information content (AvgIpc) is 2.67. The summed E-state index contributed by atoms with van der Waals surface area (Å²) in [7, 11) is 1.66. The number of methoxy groups -OCH3 is 1. The molecule has 3 aromatic carbocycles. The van der Waals surface area contributed by atoms with Gasteiger partial charge in [-0.15, -0.1) is 0 Å². The van der Waals surface area contributed by atoms with Gasteiger partial charge in [0, 0.05) is 21.7 Å². The third-order valence-corrected chi connectivity index (χ3v) is 5.80. The lowest BCUT2D eigenvalue weighted by Crippen LogP contribution is -2.04. The van der Waals surface area contributed by atoms with Gasteiger partial charge in [0.1, 0.15) is 6.61 Å². The topological polar surface area (TPSA) is 30.5 Å². The molecule has 0 saturated carbocycles. The SMILES string of the molecule is COc1cc(CNc2ccc(Br)cc2C)cc(I)c1OCc1ccc(Cl)cc1. The first kappa shape index (κ1) is 21.3. The first-order valence-electron chi connectivity index (χ1n) is 8.70. The van der Waals surface area contributed by atoms with Crippen LogP contribution in [0.2, 0.25) is 5.02 Å². The molecule has 0 radical (unpaired) electrons. The summed E-state index contributed by atoms with van der Waals surface area (Å²) in [6.07, 6.45) is 0. The van der Waals surface area contributed by atoms with Gasteiger partial charge >= 0.3 is 0 Å². The molecule has 0 amide bonds. The second-order valence-corrected chi connectivity index (χ2v) is 8.85. The Labute approximate surface area is 192 Å². The van der Waals surface area contributed by atoms with E-state index in [9.17, 15) is 0 Å². The van der Waals surface area contributed by atoms with E-state index in [1.807, 2.05) is 36.4 Å². The van der Waals surface area contributed by atoms with Crippen LogP contribution in [0.4, 0.5) is 5.69 Å². The number of hydrogen-bond donors (Lipinski definition) is 1. The van der Waals surface area contributed by atoms with E-state index in [0.29, 0.717) is 18.2 Å². The van der Waals surface area contributed by atoms with Crippen LogP contribution in [0.15, 0.2) is 59.1 Å². The molecule has 0 spiro atoms. The first-order valence-corrected chi connectivity index (χ1v) is 10.9. The molecule has 0 fully saturated rings. The van der Waals surface area contributed by atoms with Gasteiger partial charge in [-0.2, -0.15) is 0 Å². The minimum absolute atomic E-state index is 0.458. The van der Waals surface area contributed by atoms with Crippen LogP contribution >= 0.6 is 50.1 Å². The summed E-state index contributed by atoms with van der Waals surface area (Å²) in [6, 6.07) is 18.0. The van der Waals surface area contributed by atoms with Crippen LogP contribution in [-0.4, -0.2) is 7.11 Å². The van der Waals surface area contributed by atoms with E-state index >= 15 is 0 Å². The van der Waals surface area contributed by atoms with E-state index in [0.717, 1.165) is 36.4 Å². The molecule has 0 aliphatic heterocycles. The van der Waals surface area contributed by atoms with Crippen molar-refractivity contribution in [3.8, 4) is 11.5 Å². The van der Waals surface area contributed by atoms with E-state index in [2.05, 4.69) is 69.0 Å². The molecule has 28 heavy (non-hydrogen) atoms. The van der Waals surface area contributed by atoms with Crippen molar-refractivity contribution in [2.45, 2.75) is 20.1 Å². The van der Waals surface area contributed by atoms with Crippen LogP contribution in [0, 0.1) is 10.5 Å². The standard InChI is InChI=1S/C22H20BrClINO2/c1-14-9-17(23)5-8-20(14)26-12-16-10-19(25)22(21(11-16)27-2)28-13-15-3-6-18(24)7-4-15/h3-11,26H,12-13H2,1-2H3. The Morgan fingerprint density at radius 2 is 1.79 bits per heavy atom. The van der Waals surface area contributed by atoms with Crippen molar-refractivity contribution in [1.29, 1.82) is 0 Å². The van der Waals surface area contributed by atoms with Gasteiger partial charge in [-0.25, -0.2) is 0 Å². The highest BCUT2D eigenvalue weighted by Gasteiger charge is 2.12. The van der Waals surface area contributed by atoms with Crippen LogP contribution in [0.25, 0.3) is 0 Å². The molecule has 0 bridgehead atoms. The average molecular weight is 573 g/mol. The molecule has 0 aliphatic rings. The minimum atomic E-state index is 0.458. The number of aryl methyl sites for hydroxylation is 1. The highest BCUT2D eigenvalue weighted by atomic mass is 127. The van der Waals surface area contributed by atoms with Gasteiger partial charge in [0.25, 0.3) is 0 Å². The molecule has 3 aromatic rings. The molecule has 3 nitrogen and oxygen atoms in total. The van der Waals surface area contributed by atoms with Crippen LogP contribution in [-0.2, 0) is 13.2 Å². The maximum Gasteiger partial charge on any atom is 0.174 e. The number of halogens is 3. The highest BCUT2D eigenvalue weighted by molar-refractivity contribution is 14.1. The Bertz CT molecular complexity index is 963. The molecular weight excluding hydrogens is 553 g/mol. The number of anilines is 1. The van der Waals surface area contributed by atoms with Crippen LogP contribution in [0.5, 0.6) is 11.5 Å². The van der Waals surface area contributed by atoms with Gasteiger partial charge in [0.15, 0.2) is 11.5 Å². The molecule has 6 heteroatoms. The maximum absolute atomic E-state index is 6.03. The van der Waals surface area contributed by atoms with Gasteiger partial charge in [-0.1, -0.05) is 39.7 Å². The van der Waals surface area contributed by atoms with Crippen molar-refractivity contribution < 1.29 is 9.47 Å². The fraction of sp³-hybridized carbons (Fsp3) is 0.182. The molecular formula is C22H20BrClINO2. The summed E-state index contributed by atoms with van der Waals surface area (Å²) >= 11 is 11.7.